The largest absolute Gasteiger partial charge is 0.481 e. The molecule has 1 aliphatic rings. The van der Waals surface area contributed by atoms with E-state index in [9.17, 15) is 22.8 Å². The molecule has 0 atom stereocenters. The number of halogens is 4. The summed E-state index contributed by atoms with van der Waals surface area (Å²) in [5, 5.41) is 8.98. The standard InChI is InChI=1S/C13H11BrF3NO3/c14-9-3-1-8(2-4-9)12(5-10(19)20)6-18(7-12)11(21)13(15,16)17/h1-4H,5-7H2,(H,19,20). The summed E-state index contributed by atoms with van der Waals surface area (Å²) in [6.45, 7) is -0.501. The maximum absolute atomic E-state index is 12.4. The Bertz CT molecular complexity index is 565. The van der Waals surface area contributed by atoms with Crippen molar-refractivity contribution in [2.45, 2.75) is 18.0 Å². The van der Waals surface area contributed by atoms with E-state index in [1.807, 2.05) is 0 Å². The van der Waals surface area contributed by atoms with Crippen LogP contribution >= 0.6 is 15.9 Å². The van der Waals surface area contributed by atoms with Crippen LogP contribution in [0.4, 0.5) is 13.2 Å². The molecule has 1 aliphatic heterocycles. The number of hydrogen-bond donors (Lipinski definition) is 1. The third kappa shape index (κ3) is 3.20. The van der Waals surface area contributed by atoms with Crippen molar-refractivity contribution in [1.82, 2.24) is 4.90 Å². The van der Waals surface area contributed by atoms with Crippen LogP contribution in [0.25, 0.3) is 0 Å². The summed E-state index contributed by atoms with van der Waals surface area (Å²) in [6.07, 6.45) is -5.26. The highest BCUT2D eigenvalue weighted by molar-refractivity contribution is 9.10. The molecule has 0 radical (unpaired) electrons. The van der Waals surface area contributed by atoms with Gasteiger partial charge in [0.15, 0.2) is 0 Å². The Hall–Kier alpha value is -1.57. The minimum absolute atomic E-state index is 0.251. The molecule has 1 saturated heterocycles. The van der Waals surface area contributed by atoms with Gasteiger partial charge in [-0.05, 0) is 17.7 Å². The lowest BCUT2D eigenvalue weighted by atomic mass is 9.71. The van der Waals surface area contributed by atoms with Gasteiger partial charge in [0.05, 0.1) is 6.42 Å². The van der Waals surface area contributed by atoms with Gasteiger partial charge in [-0.1, -0.05) is 28.1 Å². The molecule has 1 amide bonds. The Morgan fingerprint density at radius 1 is 1.24 bits per heavy atom. The first-order valence-corrected chi connectivity index (χ1v) is 6.77. The van der Waals surface area contributed by atoms with Gasteiger partial charge in [0, 0.05) is 23.0 Å². The van der Waals surface area contributed by atoms with Crippen LogP contribution in [0.3, 0.4) is 0 Å². The first-order chi connectivity index (χ1) is 9.64. The van der Waals surface area contributed by atoms with Gasteiger partial charge in [-0.15, -0.1) is 0 Å². The molecule has 21 heavy (non-hydrogen) atoms. The molecule has 0 spiro atoms. The fraction of sp³-hybridized carbons (Fsp3) is 0.385. The van der Waals surface area contributed by atoms with Gasteiger partial charge >= 0.3 is 18.1 Å². The van der Waals surface area contributed by atoms with Crippen molar-refractivity contribution in [2.24, 2.45) is 0 Å². The minimum Gasteiger partial charge on any atom is -0.481 e. The van der Waals surface area contributed by atoms with E-state index in [2.05, 4.69) is 15.9 Å². The quantitative estimate of drug-likeness (QED) is 0.895. The molecule has 1 aromatic rings. The number of likely N-dealkylation sites (tertiary alicyclic amines) is 1. The summed E-state index contributed by atoms with van der Waals surface area (Å²) in [7, 11) is 0. The maximum Gasteiger partial charge on any atom is 0.471 e. The van der Waals surface area contributed by atoms with E-state index < -0.39 is 23.5 Å². The van der Waals surface area contributed by atoms with Crippen LogP contribution in [0.15, 0.2) is 28.7 Å². The number of nitrogens with zero attached hydrogens (tertiary/aromatic N) is 1. The Morgan fingerprint density at radius 3 is 2.19 bits per heavy atom. The van der Waals surface area contributed by atoms with Crippen molar-refractivity contribution < 1.29 is 27.9 Å². The summed E-state index contributed by atoms with van der Waals surface area (Å²) in [5.74, 6) is -3.04. The monoisotopic (exact) mass is 365 g/mol. The van der Waals surface area contributed by atoms with Gasteiger partial charge < -0.3 is 10.0 Å². The lowest BCUT2D eigenvalue weighted by Gasteiger charge is -2.50. The number of aliphatic carboxylic acids is 1. The van der Waals surface area contributed by atoms with Crippen LogP contribution in [-0.4, -0.2) is 41.1 Å². The maximum atomic E-state index is 12.4. The van der Waals surface area contributed by atoms with E-state index in [-0.39, 0.29) is 19.5 Å². The number of carboxylic acids is 1. The van der Waals surface area contributed by atoms with Crippen molar-refractivity contribution in [3.8, 4) is 0 Å². The van der Waals surface area contributed by atoms with Crippen molar-refractivity contribution in [3.63, 3.8) is 0 Å². The number of rotatable bonds is 3. The van der Waals surface area contributed by atoms with Crippen LogP contribution < -0.4 is 0 Å². The second-order valence-electron chi connectivity index (χ2n) is 5.02. The van der Waals surface area contributed by atoms with Crippen molar-refractivity contribution >= 4 is 27.8 Å². The number of carbonyl (C=O) groups excluding carboxylic acids is 1. The van der Waals surface area contributed by atoms with Crippen LogP contribution in [-0.2, 0) is 15.0 Å². The fourth-order valence-electron chi connectivity index (χ4n) is 2.50. The molecule has 8 heteroatoms. The molecule has 1 N–H and O–H groups in total. The summed E-state index contributed by atoms with van der Waals surface area (Å²) in [5.41, 5.74) is -0.354. The molecule has 0 aliphatic carbocycles. The lowest BCUT2D eigenvalue weighted by Crippen LogP contribution is -2.64. The van der Waals surface area contributed by atoms with Gasteiger partial charge in [-0.3, -0.25) is 9.59 Å². The van der Waals surface area contributed by atoms with E-state index in [0.29, 0.717) is 10.5 Å². The zero-order valence-electron chi connectivity index (χ0n) is 10.7. The van der Waals surface area contributed by atoms with E-state index in [4.69, 9.17) is 5.11 Å². The topological polar surface area (TPSA) is 57.6 Å². The fourth-order valence-corrected chi connectivity index (χ4v) is 2.76. The number of carboxylic acid groups (broad SMARTS) is 1. The average Bonchev–Trinajstić information content (AvgIpc) is 2.32. The molecular formula is C13H11BrF3NO3. The highest BCUT2D eigenvalue weighted by atomic mass is 79.9. The Labute approximate surface area is 126 Å². The molecule has 1 heterocycles. The Morgan fingerprint density at radius 2 is 1.76 bits per heavy atom. The molecule has 0 unspecified atom stereocenters. The number of hydrogen-bond acceptors (Lipinski definition) is 2. The average molecular weight is 366 g/mol. The van der Waals surface area contributed by atoms with E-state index in [1.54, 1.807) is 24.3 Å². The van der Waals surface area contributed by atoms with Crippen molar-refractivity contribution in [1.29, 1.82) is 0 Å². The molecule has 1 fully saturated rings. The predicted molar refractivity (Wildman–Crippen MR) is 70.7 cm³/mol. The number of amides is 1. The van der Waals surface area contributed by atoms with Crippen LogP contribution in [0.1, 0.15) is 12.0 Å². The molecule has 0 bridgehead atoms. The molecular weight excluding hydrogens is 355 g/mol. The zero-order chi connectivity index (χ0) is 15.8. The van der Waals surface area contributed by atoms with Crippen molar-refractivity contribution in [3.05, 3.63) is 34.3 Å². The first kappa shape index (κ1) is 15.8. The Kier molecular flexibility index (Phi) is 4.01. The highest BCUT2D eigenvalue weighted by Gasteiger charge is 2.53. The first-order valence-electron chi connectivity index (χ1n) is 5.98. The summed E-state index contributed by atoms with van der Waals surface area (Å²) < 4.78 is 37.9. The van der Waals surface area contributed by atoms with E-state index in [1.165, 1.54) is 0 Å². The Balaban J connectivity index is 2.22. The molecule has 0 saturated carbocycles. The lowest BCUT2D eigenvalue weighted by molar-refractivity contribution is -0.193. The van der Waals surface area contributed by atoms with E-state index >= 15 is 0 Å². The molecule has 2 rings (SSSR count). The molecule has 114 valence electrons. The third-order valence-electron chi connectivity index (χ3n) is 3.46. The highest BCUT2D eigenvalue weighted by Crippen LogP contribution is 2.40. The normalized spacial score (nSPS) is 17.2. The number of carbonyl (C=O) groups is 2. The van der Waals surface area contributed by atoms with Crippen molar-refractivity contribution in [2.75, 3.05) is 13.1 Å². The predicted octanol–water partition coefficient (Wildman–Crippen LogP) is 2.57. The second-order valence-corrected chi connectivity index (χ2v) is 5.93. The van der Waals surface area contributed by atoms with Crippen LogP contribution in [0.2, 0.25) is 0 Å². The van der Waals surface area contributed by atoms with Gasteiger partial charge in [0.1, 0.15) is 0 Å². The van der Waals surface area contributed by atoms with Gasteiger partial charge in [-0.25, -0.2) is 0 Å². The minimum atomic E-state index is -4.94. The molecule has 0 aromatic heterocycles. The van der Waals surface area contributed by atoms with Gasteiger partial charge in [0.2, 0.25) is 0 Å². The van der Waals surface area contributed by atoms with Crippen LogP contribution in [0.5, 0.6) is 0 Å². The second kappa shape index (κ2) is 5.32. The summed E-state index contributed by atoms with van der Waals surface area (Å²) in [6, 6.07) is 6.69. The van der Waals surface area contributed by atoms with Gasteiger partial charge in [0.25, 0.3) is 0 Å². The number of benzene rings is 1. The van der Waals surface area contributed by atoms with E-state index in [0.717, 1.165) is 4.47 Å². The molecule has 1 aromatic carbocycles. The molecule has 4 nitrogen and oxygen atoms in total. The smallest absolute Gasteiger partial charge is 0.471 e. The zero-order valence-corrected chi connectivity index (χ0v) is 12.2. The SMILES string of the molecule is O=C(O)CC1(c2ccc(Br)cc2)CN(C(=O)C(F)(F)F)C1. The number of alkyl halides is 3. The van der Waals surface area contributed by atoms with Crippen LogP contribution in [0, 0.1) is 0 Å². The van der Waals surface area contributed by atoms with Gasteiger partial charge in [-0.2, -0.15) is 13.2 Å². The third-order valence-corrected chi connectivity index (χ3v) is 3.99. The summed E-state index contributed by atoms with van der Waals surface area (Å²) >= 11 is 3.23. The summed E-state index contributed by atoms with van der Waals surface area (Å²) in [4.78, 5) is 22.8.